The third-order valence-corrected chi connectivity index (χ3v) is 7.90. The maximum atomic E-state index is 12.5. The van der Waals surface area contributed by atoms with Gasteiger partial charge >= 0.3 is 6.03 Å². The van der Waals surface area contributed by atoms with Crippen molar-refractivity contribution < 1.29 is 4.79 Å². The van der Waals surface area contributed by atoms with Gasteiger partial charge in [-0.25, -0.2) is 9.78 Å². The molecule has 3 unspecified atom stereocenters. The Morgan fingerprint density at radius 2 is 1.89 bits per heavy atom. The lowest BCUT2D eigenvalue weighted by Gasteiger charge is -2.36. The number of piperidine rings is 1. The molecule has 3 heterocycles. The van der Waals surface area contributed by atoms with E-state index in [2.05, 4.69) is 52.9 Å². The van der Waals surface area contributed by atoms with Crippen molar-refractivity contribution in [3.8, 4) is 0 Å². The second kappa shape index (κ2) is 7.48. The number of hydrogen-bond acceptors (Lipinski definition) is 4. The van der Waals surface area contributed by atoms with Crippen LogP contribution in [0.1, 0.15) is 54.2 Å². The Bertz CT molecular complexity index is 837. The standard InChI is InChI=1S/C22H28N4OS/c1-26-17-8-9-18(26)13-16(12-17)23-21(27)25-22-24-19-10-7-15(11-20(19)28-22)14-5-3-2-4-6-14/h2-6,15-18H,7-13H2,1H3,(H2,23,24,25,27). The van der Waals surface area contributed by atoms with Crippen molar-refractivity contribution in [2.75, 3.05) is 12.4 Å². The summed E-state index contributed by atoms with van der Waals surface area (Å²) in [5.41, 5.74) is 2.58. The highest BCUT2D eigenvalue weighted by molar-refractivity contribution is 7.15. The maximum Gasteiger partial charge on any atom is 0.321 e. The largest absolute Gasteiger partial charge is 0.335 e. The number of fused-ring (bicyclic) bond motifs is 3. The molecule has 5 rings (SSSR count). The minimum atomic E-state index is -0.0975. The van der Waals surface area contributed by atoms with Crippen LogP contribution in [0.2, 0.25) is 0 Å². The lowest BCUT2D eigenvalue weighted by molar-refractivity contribution is 0.151. The third-order valence-electron chi connectivity index (χ3n) is 6.86. The molecule has 0 spiro atoms. The van der Waals surface area contributed by atoms with Crippen LogP contribution in [-0.2, 0) is 12.8 Å². The molecule has 6 heteroatoms. The molecular weight excluding hydrogens is 368 g/mol. The molecule has 2 amide bonds. The zero-order valence-corrected chi connectivity index (χ0v) is 17.2. The Morgan fingerprint density at radius 1 is 1.14 bits per heavy atom. The van der Waals surface area contributed by atoms with Crippen LogP contribution in [0, 0.1) is 0 Å². The molecule has 3 atom stereocenters. The fraction of sp³-hybridized carbons (Fsp3) is 0.545. The van der Waals surface area contributed by atoms with Gasteiger partial charge in [-0.1, -0.05) is 30.3 Å². The van der Waals surface area contributed by atoms with Gasteiger partial charge in [0.05, 0.1) is 5.69 Å². The van der Waals surface area contributed by atoms with E-state index in [-0.39, 0.29) is 12.1 Å². The monoisotopic (exact) mass is 396 g/mol. The third kappa shape index (κ3) is 3.55. The van der Waals surface area contributed by atoms with E-state index < -0.39 is 0 Å². The van der Waals surface area contributed by atoms with Gasteiger partial charge in [0.25, 0.3) is 0 Å². The van der Waals surface area contributed by atoms with E-state index in [1.54, 1.807) is 11.3 Å². The predicted molar refractivity (Wildman–Crippen MR) is 113 cm³/mol. The van der Waals surface area contributed by atoms with Gasteiger partial charge in [-0.15, -0.1) is 11.3 Å². The normalized spacial score (nSPS) is 29.3. The average Bonchev–Trinajstić information content (AvgIpc) is 3.17. The molecule has 2 N–H and O–H groups in total. The van der Waals surface area contributed by atoms with Gasteiger partial charge in [-0.2, -0.15) is 0 Å². The molecule has 1 aromatic heterocycles. The predicted octanol–water partition coefficient (Wildman–Crippen LogP) is 4.16. The van der Waals surface area contributed by atoms with Crippen LogP contribution in [0.3, 0.4) is 0 Å². The van der Waals surface area contributed by atoms with Gasteiger partial charge < -0.3 is 10.2 Å². The highest BCUT2D eigenvalue weighted by Crippen LogP contribution is 2.37. The summed E-state index contributed by atoms with van der Waals surface area (Å²) >= 11 is 1.65. The first-order valence-electron chi connectivity index (χ1n) is 10.5. The van der Waals surface area contributed by atoms with Gasteiger partial charge in [0, 0.05) is 23.0 Å². The average molecular weight is 397 g/mol. The molecule has 2 aromatic rings. The molecule has 2 bridgehead atoms. The molecule has 5 nitrogen and oxygen atoms in total. The van der Waals surface area contributed by atoms with Crippen molar-refractivity contribution >= 4 is 22.5 Å². The minimum Gasteiger partial charge on any atom is -0.335 e. The number of aromatic nitrogens is 1. The zero-order valence-electron chi connectivity index (χ0n) is 16.4. The number of thiazole rings is 1. The summed E-state index contributed by atoms with van der Waals surface area (Å²) in [5.74, 6) is 0.561. The highest BCUT2D eigenvalue weighted by Gasteiger charge is 2.38. The fourth-order valence-electron chi connectivity index (χ4n) is 5.29. The number of carbonyl (C=O) groups is 1. The maximum absolute atomic E-state index is 12.5. The second-order valence-electron chi connectivity index (χ2n) is 8.56. The van der Waals surface area contributed by atoms with Crippen molar-refractivity contribution in [3.63, 3.8) is 0 Å². The van der Waals surface area contributed by atoms with Crippen LogP contribution in [0.25, 0.3) is 0 Å². The van der Waals surface area contributed by atoms with Crippen molar-refractivity contribution in [1.82, 2.24) is 15.2 Å². The number of carbonyl (C=O) groups excluding carboxylic acids is 1. The number of nitrogens with zero attached hydrogens (tertiary/aromatic N) is 2. The van der Waals surface area contributed by atoms with Crippen LogP contribution in [0.4, 0.5) is 9.93 Å². The number of anilines is 1. The topological polar surface area (TPSA) is 57.3 Å². The van der Waals surface area contributed by atoms with E-state index in [1.165, 1.54) is 29.0 Å². The van der Waals surface area contributed by atoms with Crippen molar-refractivity contribution in [2.45, 2.75) is 69.0 Å². The summed E-state index contributed by atoms with van der Waals surface area (Å²) in [6.07, 6.45) is 7.81. The van der Waals surface area contributed by atoms with Crippen LogP contribution in [0.15, 0.2) is 30.3 Å². The molecule has 2 fully saturated rings. The van der Waals surface area contributed by atoms with E-state index in [0.29, 0.717) is 18.0 Å². The Labute approximate surface area is 170 Å². The Hall–Kier alpha value is -1.92. The van der Waals surface area contributed by atoms with Crippen LogP contribution in [-0.4, -0.2) is 41.1 Å². The van der Waals surface area contributed by atoms with E-state index in [9.17, 15) is 4.79 Å². The van der Waals surface area contributed by atoms with Gasteiger partial charge in [-0.05, 0) is 63.5 Å². The first kappa shape index (κ1) is 18.1. The van der Waals surface area contributed by atoms with E-state index in [0.717, 1.165) is 37.2 Å². The quantitative estimate of drug-likeness (QED) is 0.819. The Balaban J connectivity index is 1.19. The lowest BCUT2D eigenvalue weighted by Crippen LogP contribution is -2.49. The number of nitrogens with one attached hydrogen (secondary N) is 2. The number of amides is 2. The first-order chi connectivity index (χ1) is 13.7. The number of benzene rings is 1. The van der Waals surface area contributed by atoms with Crippen molar-refractivity contribution in [2.24, 2.45) is 0 Å². The van der Waals surface area contributed by atoms with Gasteiger partial charge in [-0.3, -0.25) is 5.32 Å². The lowest BCUT2D eigenvalue weighted by atomic mass is 9.85. The van der Waals surface area contributed by atoms with E-state index in [4.69, 9.17) is 4.98 Å². The van der Waals surface area contributed by atoms with E-state index in [1.807, 2.05) is 0 Å². The number of hydrogen-bond donors (Lipinski definition) is 2. The van der Waals surface area contributed by atoms with Crippen molar-refractivity contribution in [3.05, 3.63) is 46.5 Å². The van der Waals surface area contributed by atoms with Gasteiger partial charge in [0.2, 0.25) is 0 Å². The highest BCUT2D eigenvalue weighted by atomic mass is 32.1. The summed E-state index contributed by atoms with van der Waals surface area (Å²) in [7, 11) is 2.22. The molecule has 0 saturated carbocycles. The van der Waals surface area contributed by atoms with Crippen LogP contribution in [0.5, 0.6) is 0 Å². The Kier molecular flexibility index (Phi) is 4.85. The number of urea groups is 1. The SMILES string of the molecule is CN1C2CCC1CC(NC(=O)Nc1nc3c(s1)CC(c1ccccc1)CC3)C2. The fourth-order valence-corrected chi connectivity index (χ4v) is 6.37. The molecule has 0 radical (unpaired) electrons. The molecule has 148 valence electrons. The Morgan fingerprint density at radius 3 is 2.64 bits per heavy atom. The van der Waals surface area contributed by atoms with E-state index >= 15 is 0 Å². The summed E-state index contributed by atoms with van der Waals surface area (Å²) < 4.78 is 0. The molecular formula is C22H28N4OS. The smallest absolute Gasteiger partial charge is 0.321 e. The molecule has 1 aliphatic carbocycles. The first-order valence-corrected chi connectivity index (χ1v) is 11.3. The second-order valence-corrected chi connectivity index (χ2v) is 9.64. The van der Waals surface area contributed by atoms with Crippen LogP contribution < -0.4 is 10.6 Å². The number of rotatable bonds is 3. The number of aryl methyl sites for hydroxylation is 1. The summed E-state index contributed by atoms with van der Waals surface area (Å²) in [6.45, 7) is 0. The minimum absolute atomic E-state index is 0.0975. The molecule has 1 aromatic carbocycles. The molecule has 3 aliphatic rings. The van der Waals surface area contributed by atoms with Crippen LogP contribution >= 0.6 is 11.3 Å². The summed E-state index contributed by atoms with van der Waals surface area (Å²) in [6, 6.07) is 12.2. The summed E-state index contributed by atoms with van der Waals surface area (Å²) in [5, 5.41) is 6.94. The van der Waals surface area contributed by atoms with Crippen molar-refractivity contribution in [1.29, 1.82) is 0 Å². The van der Waals surface area contributed by atoms with Gasteiger partial charge in [0.1, 0.15) is 0 Å². The molecule has 28 heavy (non-hydrogen) atoms. The molecule has 2 saturated heterocycles. The zero-order chi connectivity index (χ0) is 19.1. The molecule has 2 aliphatic heterocycles. The summed E-state index contributed by atoms with van der Waals surface area (Å²) in [4.78, 5) is 21.1. The van der Waals surface area contributed by atoms with Gasteiger partial charge in [0.15, 0.2) is 5.13 Å².